The predicted octanol–water partition coefficient (Wildman–Crippen LogP) is 4.50. The van der Waals surface area contributed by atoms with Gasteiger partial charge in [0.25, 0.3) is 5.91 Å². The van der Waals surface area contributed by atoms with E-state index in [4.69, 9.17) is 16.0 Å². The summed E-state index contributed by atoms with van der Waals surface area (Å²) in [6, 6.07) is 16.1. The molecule has 0 saturated carbocycles. The highest BCUT2D eigenvalue weighted by Crippen LogP contribution is 2.26. The number of furan rings is 1. The zero-order valence-electron chi connectivity index (χ0n) is 15.8. The molecule has 0 radical (unpaired) electrons. The maximum atomic E-state index is 12.8. The fourth-order valence-electron chi connectivity index (χ4n) is 2.79. The highest BCUT2D eigenvalue weighted by Gasteiger charge is 2.18. The van der Waals surface area contributed by atoms with Crippen molar-refractivity contribution in [2.45, 2.75) is 0 Å². The maximum Gasteiger partial charge on any atom is 0.276 e. The monoisotopic (exact) mass is 407 g/mol. The number of halogens is 1. The third kappa shape index (κ3) is 4.00. The zero-order chi connectivity index (χ0) is 20.4. The van der Waals surface area contributed by atoms with Crippen LogP contribution in [-0.2, 0) is 0 Å². The van der Waals surface area contributed by atoms with Crippen LogP contribution < -0.4 is 10.2 Å². The van der Waals surface area contributed by atoms with Crippen LogP contribution in [0.4, 0.5) is 11.5 Å². The molecule has 7 nitrogen and oxygen atoms in total. The topological polar surface area (TPSA) is 76.2 Å². The van der Waals surface area contributed by atoms with Crippen LogP contribution in [0.15, 0.2) is 71.5 Å². The Morgan fingerprint density at radius 2 is 1.93 bits per heavy atom. The average molecular weight is 408 g/mol. The van der Waals surface area contributed by atoms with Gasteiger partial charge in [-0.15, -0.1) is 0 Å². The largest absolute Gasteiger partial charge is 0.463 e. The summed E-state index contributed by atoms with van der Waals surface area (Å²) < 4.78 is 7.17. The number of pyridine rings is 1. The minimum Gasteiger partial charge on any atom is -0.463 e. The molecule has 0 fully saturated rings. The van der Waals surface area contributed by atoms with Crippen molar-refractivity contribution in [1.29, 1.82) is 0 Å². The van der Waals surface area contributed by atoms with Gasteiger partial charge in [-0.3, -0.25) is 4.79 Å². The third-order valence-electron chi connectivity index (χ3n) is 4.25. The molecule has 3 heterocycles. The molecule has 8 heteroatoms. The van der Waals surface area contributed by atoms with Crippen LogP contribution in [-0.4, -0.2) is 34.8 Å². The highest BCUT2D eigenvalue weighted by molar-refractivity contribution is 6.30. The molecule has 29 heavy (non-hydrogen) atoms. The number of benzene rings is 1. The molecule has 1 amide bonds. The fourth-order valence-corrected chi connectivity index (χ4v) is 2.92. The minimum absolute atomic E-state index is 0.253. The lowest BCUT2D eigenvalue weighted by Gasteiger charge is -2.11. The van der Waals surface area contributed by atoms with Gasteiger partial charge in [0, 0.05) is 25.2 Å². The Bertz CT molecular complexity index is 1120. The normalized spacial score (nSPS) is 10.7. The molecular formula is C21H18ClN5O2. The third-order valence-corrected chi connectivity index (χ3v) is 4.50. The molecule has 0 saturated heterocycles. The molecule has 4 rings (SSSR count). The van der Waals surface area contributed by atoms with Crippen molar-refractivity contribution in [3.8, 4) is 17.1 Å². The van der Waals surface area contributed by atoms with Crippen molar-refractivity contribution in [2.24, 2.45) is 0 Å². The lowest BCUT2D eigenvalue weighted by Crippen LogP contribution is -2.14. The van der Waals surface area contributed by atoms with E-state index >= 15 is 0 Å². The summed E-state index contributed by atoms with van der Waals surface area (Å²) in [4.78, 5) is 19.0. The number of nitrogens with zero attached hydrogens (tertiary/aromatic N) is 4. The van der Waals surface area contributed by atoms with E-state index in [1.807, 2.05) is 43.3 Å². The molecule has 0 spiro atoms. The van der Waals surface area contributed by atoms with Crippen molar-refractivity contribution in [3.05, 3.63) is 77.8 Å². The van der Waals surface area contributed by atoms with Gasteiger partial charge in [-0.1, -0.05) is 11.6 Å². The van der Waals surface area contributed by atoms with Gasteiger partial charge < -0.3 is 14.6 Å². The summed E-state index contributed by atoms with van der Waals surface area (Å²) in [6.07, 6.45) is 3.18. The summed E-state index contributed by atoms with van der Waals surface area (Å²) in [5, 5.41) is 7.92. The number of amides is 1. The number of hydrogen-bond acceptors (Lipinski definition) is 5. The van der Waals surface area contributed by atoms with E-state index in [1.165, 1.54) is 0 Å². The summed E-state index contributed by atoms with van der Waals surface area (Å²) in [6.45, 7) is 0. The number of nitrogens with one attached hydrogen (secondary N) is 1. The first-order valence-electron chi connectivity index (χ1n) is 8.86. The number of hydrogen-bond donors (Lipinski definition) is 1. The molecule has 0 unspecified atom stereocenters. The van der Waals surface area contributed by atoms with Crippen LogP contribution >= 0.6 is 11.6 Å². The van der Waals surface area contributed by atoms with Gasteiger partial charge in [-0.25, -0.2) is 9.67 Å². The van der Waals surface area contributed by atoms with Gasteiger partial charge in [-0.2, -0.15) is 5.10 Å². The number of aromatic nitrogens is 3. The van der Waals surface area contributed by atoms with Crippen molar-refractivity contribution < 1.29 is 9.21 Å². The van der Waals surface area contributed by atoms with Crippen LogP contribution in [0.2, 0.25) is 5.02 Å². The first kappa shape index (κ1) is 18.8. The molecule has 3 aromatic heterocycles. The van der Waals surface area contributed by atoms with Crippen molar-refractivity contribution in [1.82, 2.24) is 14.8 Å². The maximum absolute atomic E-state index is 12.8. The number of rotatable bonds is 5. The Labute approximate surface area is 172 Å². The Balaban J connectivity index is 1.66. The summed E-state index contributed by atoms with van der Waals surface area (Å²) in [5.74, 6) is 1.06. The lowest BCUT2D eigenvalue weighted by atomic mass is 10.2. The van der Waals surface area contributed by atoms with Gasteiger partial charge in [0.2, 0.25) is 0 Å². The zero-order valence-corrected chi connectivity index (χ0v) is 16.6. The van der Waals surface area contributed by atoms with Crippen LogP contribution in [0.3, 0.4) is 0 Å². The van der Waals surface area contributed by atoms with Gasteiger partial charge in [0.1, 0.15) is 11.5 Å². The molecule has 0 bridgehead atoms. The first-order chi connectivity index (χ1) is 14.0. The van der Waals surface area contributed by atoms with Crippen LogP contribution in [0.25, 0.3) is 17.1 Å². The SMILES string of the molecule is CN(C)c1ccc(NC(=O)c2cc(-c3ccco3)n(-c3ccc(Cl)cc3)n2)cn1. The summed E-state index contributed by atoms with van der Waals surface area (Å²) in [7, 11) is 3.81. The smallest absolute Gasteiger partial charge is 0.276 e. The van der Waals surface area contributed by atoms with E-state index in [-0.39, 0.29) is 11.6 Å². The summed E-state index contributed by atoms with van der Waals surface area (Å²) >= 11 is 5.99. The molecule has 1 aromatic carbocycles. The fraction of sp³-hybridized carbons (Fsp3) is 0.0952. The van der Waals surface area contributed by atoms with E-state index in [2.05, 4.69) is 15.4 Å². The number of carbonyl (C=O) groups is 1. The predicted molar refractivity (Wildman–Crippen MR) is 113 cm³/mol. The Hall–Kier alpha value is -3.58. The second kappa shape index (κ2) is 7.81. The summed E-state index contributed by atoms with van der Waals surface area (Å²) in [5.41, 5.74) is 2.25. The van der Waals surface area contributed by atoms with Gasteiger partial charge in [0.15, 0.2) is 11.5 Å². The second-order valence-electron chi connectivity index (χ2n) is 6.53. The first-order valence-corrected chi connectivity index (χ1v) is 9.23. The van der Waals surface area contributed by atoms with E-state index in [0.717, 1.165) is 11.5 Å². The molecule has 146 valence electrons. The van der Waals surface area contributed by atoms with Gasteiger partial charge in [0.05, 0.1) is 23.8 Å². The van der Waals surface area contributed by atoms with E-state index < -0.39 is 0 Å². The number of anilines is 2. The van der Waals surface area contributed by atoms with Crippen LogP contribution in [0, 0.1) is 0 Å². The molecule has 0 aliphatic carbocycles. The average Bonchev–Trinajstić information content (AvgIpc) is 3.39. The Kier molecular flexibility index (Phi) is 5.05. The molecular weight excluding hydrogens is 390 g/mol. The van der Waals surface area contributed by atoms with Crippen LogP contribution in [0.5, 0.6) is 0 Å². The number of carbonyl (C=O) groups excluding carboxylic acids is 1. The van der Waals surface area contributed by atoms with Crippen molar-refractivity contribution in [3.63, 3.8) is 0 Å². The lowest BCUT2D eigenvalue weighted by molar-refractivity contribution is 0.102. The molecule has 0 aliphatic rings. The van der Waals surface area contributed by atoms with Crippen molar-refractivity contribution in [2.75, 3.05) is 24.3 Å². The molecule has 4 aromatic rings. The van der Waals surface area contributed by atoms with E-state index in [1.54, 1.807) is 47.5 Å². The van der Waals surface area contributed by atoms with Crippen LogP contribution in [0.1, 0.15) is 10.5 Å². The standard InChI is InChI=1S/C21H18ClN5O2/c1-26(2)20-10-7-15(13-23-20)24-21(28)17-12-18(19-4-3-11-29-19)27(25-17)16-8-5-14(22)6-9-16/h3-13H,1-2H3,(H,24,28). The van der Waals surface area contributed by atoms with E-state index in [0.29, 0.717) is 22.2 Å². The van der Waals surface area contributed by atoms with Gasteiger partial charge >= 0.3 is 0 Å². The minimum atomic E-state index is -0.343. The van der Waals surface area contributed by atoms with E-state index in [9.17, 15) is 4.79 Å². The Morgan fingerprint density at radius 3 is 2.55 bits per heavy atom. The molecule has 1 N–H and O–H groups in total. The second-order valence-corrected chi connectivity index (χ2v) is 6.97. The highest BCUT2D eigenvalue weighted by atomic mass is 35.5. The molecule has 0 atom stereocenters. The van der Waals surface area contributed by atoms with Crippen molar-refractivity contribution >= 4 is 29.0 Å². The molecule has 0 aliphatic heterocycles. The quantitative estimate of drug-likeness (QED) is 0.527. The Morgan fingerprint density at radius 1 is 1.14 bits per heavy atom. The van der Waals surface area contributed by atoms with Gasteiger partial charge in [-0.05, 0) is 48.5 Å².